The lowest BCUT2D eigenvalue weighted by molar-refractivity contribution is 0.419. The number of ether oxygens (including phenoxy) is 1. The smallest absolute Gasteiger partial charge is 0.344 e. The number of benzene rings is 3. The number of fused-ring (bicyclic) bond motifs is 5. The average Bonchev–Trinajstić information content (AvgIpc) is 2.60. The van der Waals surface area contributed by atoms with Crippen LogP contribution in [0.2, 0.25) is 0 Å². The van der Waals surface area contributed by atoms with Gasteiger partial charge in [-0.15, -0.1) is 0 Å². The highest BCUT2D eigenvalue weighted by molar-refractivity contribution is 6.20. The van der Waals surface area contributed by atoms with Crippen molar-refractivity contribution in [3.63, 3.8) is 0 Å². The Bertz CT molecular complexity index is 1140. The molecule has 1 heterocycles. The first kappa shape index (κ1) is 14.8. The van der Waals surface area contributed by atoms with E-state index in [9.17, 15) is 4.79 Å². The molecule has 0 unspecified atom stereocenters. The summed E-state index contributed by atoms with van der Waals surface area (Å²) in [6.45, 7) is 4.18. The molecule has 0 atom stereocenters. The van der Waals surface area contributed by atoms with Crippen molar-refractivity contribution < 1.29 is 9.15 Å². The predicted octanol–water partition coefficient (Wildman–Crippen LogP) is 5.23. The van der Waals surface area contributed by atoms with Crippen LogP contribution in [0.4, 0.5) is 0 Å². The summed E-state index contributed by atoms with van der Waals surface area (Å²) in [4.78, 5) is 12.6. The van der Waals surface area contributed by atoms with Crippen LogP contribution < -0.4 is 10.4 Å². The molecule has 0 aliphatic heterocycles. The Morgan fingerprint density at radius 1 is 0.917 bits per heavy atom. The van der Waals surface area contributed by atoms with Gasteiger partial charge in [0.1, 0.15) is 11.3 Å². The third kappa shape index (κ3) is 2.01. The van der Waals surface area contributed by atoms with Gasteiger partial charge in [0.15, 0.2) is 0 Å². The van der Waals surface area contributed by atoms with E-state index < -0.39 is 0 Å². The van der Waals surface area contributed by atoms with Crippen molar-refractivity contribution in [2.45, 2.75) is 19.8 Å². The van der Waals surface area contributed by atoms with Crippen LogP contribution in [-0.2, 0) is 0 Å². The number of methoxy groups -OCH3 is 1. The topological polar surface area (TPSA) is 39.4 Å². The molecular formula is C21H18O3. The first-order valence-corrected chi connectivity index (χ1v) is 8.07. The zero-order valence-electron chi connectivity index (χ0n) is 13.9. The fraction of sp³-hybridized carbons (Fsp3) is 0.190. The zero-order valence-corrected chi connectivity index (χ0v) is 13.9. The van der Waals surface area contributed by atoms with E-state index in [4.69, 9.17) is 9.15 Å². The van der Waals surface area contributed by atoms with E-state index in [0.717, 1.165) is 32.9 Å². The fourth-order valence-corrected chi connectivity index (χ4v) is 3.41. The summed E-state index contributed by atoms with van der Waals surface area (Å²) in [5.74, 6) is 0.966. The van der Waals surface area contributed by atoms with E-state index >= 15 is 0 Å². The minimum atomic E-state index is -0.307. The molecular weight excluding hydrogens is 300 g/mol. The van der Waals surface area contributed by atoms with Crippen molar-refractivity contribution in [1.29, 1.82) is 0 Å². The summed E-state index contributed by atoms with van der Waals surface area (Å²) in [5.41, 5.74) is 1.33. The van der Waals surface area contributed by atoms with E-state index in [-0.39, 0.29) is 11.5 Å². The van der Waals surface area contributed by atoms with Crippen LogP contribution in [0, 0.1) is 0 Å². The Kier molecular flexibility index (Phi) is 3.31. The van der Waals surface area contributed by atoms with Gasteiger partial charge in [0.25, 0.3) is 0 Å². The Morgan fingerprint density at radius 2 is 1.71 bits per heavy atom. The third-order valence-corrected chi connectivity index (χ3v) is 4.59. The lowest BCUT2D eigenvalue weighted by atomic mass is 9.95. The van der Waals surface area contributed by atoms with E-state index in [0.29, 0.717) is 11.0 Å². The molecule has 4 rings (SSSR count). The average molecular weight is 318 g/mol. The van der Waals surface area contributed by atoms with Crippen LogP contribution >= 0.6 is 0 Å². The molecule has 3 heteroatoms. The van der Waals surface area contributed by atoms with Gasteiger partial charge in [-0.25, -0.2) is 4.79 Å². The summed E-state index contributed by atoms with van der Waals surface area (Å²) < 4.78 is 11.3. The van der Waals surface area contributed by atoms with Gasteiger partial charge < -0.3 is 9.15 Å². The standard InChI is InChI=1S/C21H18O3/c1-12(2)14-10-11-17(23-3)19-18-15-7-5-4-6-13(15)8-9-16(18)21(22)24-20(14)19/h4-12H,1-3H3. The summed E-state index contributed by atoms with van der Waals surface area (Å²) in [6, 6.07) is 15.8. The molecule has 0 aliphatic carbocycles. The number of hydrogen-bond donors (Lipinski definition) is 0. The SMILES string of the molecule is COc1ccc(C(C)C)c2oc(=O)c3ccc4ccccc4c3c12. The highest BCUT2D eigenvalue weighted by Crippen LogP contribution is 2.38. The fourth-order valence-electron chi connectivity index (χ4n) is 3.41. The Morgan fingerprint density at radius 3 is 2.46 bits per heavy atom. The minimum Gasteiger partial charge on any atom is -0.496 e. The van der Waals surface area contributed by atoms with Crippen molar-refractivity contribution in [1.82, 2.24) is 0 Å². The van der Waals surface area contributed by atoms with Crippen LogP contribution in [0.3, 0.4) is 0 Å². The molecule has 120 valence electrons. The Balaban J connectivity index is 2.38. The van der Waals surface area contributed by atoms with Gasteiger partial charge in [0.05, 0.1) is 17.9 Å². The largest absolute Gasteiger partial charge is 0.496 e. The predicted molar refractivity (Wildman–Crippen MR) is 98.1 cm³/mol. The van der Waals surface area contributed by atoms with Gasteiger partial charge in [-0.2, -0.15) is 0 Å². The van der Waals surface area contributed by atoms with Gasteiger partial charge >= 0.3 is 5.63 Å². The molecule has 3 aromatic carbocycles. The zero-order chi connectivity index (χ0) is 16.8. The molecule has 3 nitrogen and oxygen atoms in total. The second-order valence-corrected chi connectivity index (χ2v) is 6.31. The summed E-state index contributed by atoms with van der Waals surface area (Å²) in [7, 11) is 1.64. The second-order valence-electron chi connectivity index (χ2n) is 6.31. The van der Waals surface area contributed by atoms with Gasteiger partial charge in [0, 0.05) is 5.39 Å². The summed E-state index contributed by atoms with van der Waals surface area (Å²) in [5, 5.41) is 4.48. The molecule has 0 radical (unpaired) electrons. The van der Waals surface area contributed by atoms with Gasteiger partial charge in [-0.3, -0.25) is 0 Å². The molecule has 4 aromatic rings. The maximum Gasteiger partial charge on any atom is 0.344 e. The summed E-state index contributed by atoms with van der Waals surface area (Å²) in [6.07, 6.45) is 0. The molecule has 0 aliphatic rings. The van der Waals surface area contributed by atoms with Crippen LogP contribution in [0.5, 0.6) is 5.75 Å². The Labute approximate surface area is 139 Å². The van der Waals surface area contributed by atoms with Crippen LogP contribution in [-0.4, -0.2) is 7.11 Å². The van der Waals surface area contributed by atoms with Gasteiger partial charge in [-0.05, 0) is 34.4 Å². The van der Waals surface area contributed by atoms with Crippen molar-refractivity contribution >= 4 is 32.5 Å². The lowest BCUT2D eigenvalue weighted by Gasteiger charge is -2.14. The van der Waals surface area contributed by atoms with Crippen molar-refractivity contribution in [3.05, 3.63) is 64.5 Å². The monoisotopic (exact) mass is 318 g/mol. The van der Waals surface area contributed by atoms with Crippen molar-refractivity contribution in [3.8, 4) is 5.75 Å². The number of rotatable bonds is 2. The number of hydrogen-bond acceptors (Lipinski definition) is 3. The molecule has 0 N–H and O–H groups in total. The summed E-state index contributed by atoms with van der Waals surface area (Å²) >= 11 is 0. The van der Waals surface area contributed by atoms with E-state index in [1.807, 2.05) is 48.5 Å². The second kappa shape index (κ2) is 5.38. The molecule has 0 saturated carbocycles. The highest BCUT2D eigenvalue weighted by atomic mass is 16.5. The maximum absolute atomic E-state index is 12.6. The molecule has 0 fully saturated rings. The highest BCUT2D eigenvalue weighted by Gasteiger charge is 2.18. The van der Waals surface area contributed by atoms with E-state index in [1.54, 1.807) is 7.11 Å². The van der Waals surface area contributed by atoms with Crippen LogP contribution in [0.25, 0.3) is 32.5 Å². The maximum atomic E-state index is 12.6. The quantitative estimate of drug-likeness (QED) is 0.375. The van der Waals surface area contributed by atoms with Crippen LogP contribution in [0.15, 0.2) is 57.7 Å². The molecule has 0 spiro atoms. The van der Waals surface area contributed by atoms with Crippen LogP contribution in [0.1, 0.15) is 25.3 Å². The first-order chi connectivity index (χ1) is 11.6. The molecule has 0 saturated heterocycles. The third-order valence-electron chi connectivity index (χ3n) is 4.59. The lowest BCUT2D eigenvalue weighted by Crippen LogP contribution is -2.03. The van der Waals surface area contributed by atoms with Crippen molar-refractivity contribution in [2.24, 2.45) is 0 Å². The van der Waals surface area contributed by atoms with E-state index in [1.165, 1.54) is 0 Å². The van der Waals surface area contributed by atoms with Gasteiger partial charge in [0.2, 0.25) is 0 Å². The first-order valence-electron chi connectivity index (χ1n) is 8.07. The van der Waals surface area contributed by atoms with E-state index in [2.05, 4.69) is 13.8 Å². The molecule has 24 heavy (non-hydrogen) atoms. The molecule has 0 bridgehead atoms. The normalized spacial score (nSPS) is 11.7. The Hall–Kier alpha value is -2.81. The molecule has 1 aromatic heterocycles. The molecule has 0 amide bonds. The minimum absolute atomic E-state index is 0.244. The van der Waals surface area contributed by atoms with Gasteiger partial charge in [-0.1, -0.05) is 50.2 Å². The van der Waals surface area contributed by atoms with Crippen molar-refractivity contribution in [2.75, 3.05) is 7.11 Å².